The van der Waals surface area contributed by atoms with Crippen LogP contribution in [0.5, 0.6) is 0 Å². The number of aromatic nitrogens is 2. The number of rotatable bonds is 0. The van der Waals surface area contributed by atoms with Gasteiger partial charge in [0.1, 0.15) is 11.2 Å². The lowest BCUT2D eigenvalue weighted by atomic mass is 9.74. The predicted octanol–water partition coefficient (Wildman–Crippen LogP) is 5.53. The van der Waals surface area contributed by atoms with Crippen molar-refractivity contribution in [3.05, 3.63) is 62.7 Å². The van der Waals surface area contributed by atoms with Crippen molar-refractivity contribution in [1.82, 2.24) is 14.9 Å². The number of H-pyrrole nitrogens is 1. The first-order chi connectivity index (χ1) is 13.2. The van der Waals surface area contributed by atoms with Crippen LogP contribution in [-0.4, -0.2) is 26.5 Å². The number of nitrogens with zero attached hydrogens (tertiary/aromatic N) is 3. The maximum absolute atomic E-state index is 12.6. The highest BCUT2D eigenvalue weighted by molar-refractivity contribution is 9.10. The van der Waals surface area contributed by atoms with Gasteiger partial charge in [-0.1, -0.05) is 53.5 Å². The normalized spacial score (nSPS) is 24.5. The van der Waals surface area contributed by atoms with Gasteiger partial charge in [-0.15, -0.1) is 0 Å². The summed E-state index contributed by atoms with van der Waals surface area (Å²) in [5, 5.41) is 0.415. The summed E-state index contributed by atoms with van der Waals surface area (Å²) in [6.45, 7) is 4.18. The molecule has 1 aromatic carbocycles. The van der Waals surface area contributed by atoms with Gasteiger partial charge in [0.25, 0.3) is 0 Å². The van der Waals surface area contributed by atoms with E-state index in [4.69, 9.17) is 16.6 Å². The van der Waals surface area contributed by atoms with Crippen LogP contribution in [0, 0.1) is 0 Å². The third kappa shape index (κ3) is 2.39. The van der Waals surface area contributed by atoms with E-state index in [1.807, 2.05) is 24.3 Å². The average Bonchev–Trinajstić information content (AvgIpc) is 3.17. The Morgan fingerprint density at radius 3 is 2.82 bits per heavy atom. The molecule has 1 spiro atoms. The highest BCUT2D eigenvalue weighted by atomic mass is 79.9. The van der Waals surface area contributed by atoms with E-state index >= 15 is 0 Å². The lowest BCUT2D eigenvalue weighted by Gasteiger charge is -2.49. The van der Waals surface area contributed by atoms with Crippen molar-refractivity contribution >= 4 is 65.8 Å². The Bertz CT molecular complexity index is 1150. The first kappa shape index (κ1) is 18.3. The lowest BCUT2D eigenvalue weighted by Crippen LogP contribution is -2.61. The number of carbonyl (C=O) groups is 1. The molecule has 5 nitrogen and oxygen atoms in total. The molecule has 1 N–H and O–H groups in total. The van der Waals surface area contributed by atoms with Crippen LogP contribution in [0.2, 0.25) is 0 Å². The van der Waals surface area contributed by atoms with Gasteiger partial charge in [0.2, 0.25) is 5.91 Å². The third-order valence-corrected chi connectivity index (χ3v) is 6.75. The molecule has 28 heavy (non-hydrogen) atoms. The Hall–Kier alpha value is -1.70. The van der Waals surface area contributed by atoms with E-state index in [1.165, 1.54) is 0 Å². The molecule has 5 rings (SSSR count). The zero-order chi connectivity index (χ0) is 19.8. The smallest absolute Gasteiger partial charge is 0.230 e. The quantitative estimate of drug-likeness (QED) is 0.463. The molecule has 8 heteroatoms. The number of imidazole rings is 1. The minimum Gasteiger partial charge on any atom is -0.335 e. The van der Waals surface area contributed by atoms with Gasteiger partial charge in [-0.2, -0.15) is 0 Å². The minimum atomic E-state index is -0.620. The number of halogens is 3. The standard InChI is InChI=1S/C20H15Br2ClN4O/c1-19(2)6-5-14-20(11-4-3-10(21)7-13(11)24-14)8-15(28)27(20)9-12(23)16-17(19)26-18(22)25-16/h3-7,9H,8H2,1-2H3,(H,25,26). The van der Waals surface area contributed by atoms with E-state index in [9.17, 15) is 4.79 Å². The van der Waals surface area contributed by atoms with Crippen molar-refractivity contribution in [3.8, 4) is 0 Å². The van der Waals surface area contributed by atoms with Crippen LogP contribution in [0.25, 0.3) is 5.03 Å². The summed E-state index contributed by atoms with van der Waals surface area (Å²) in [5.74, 6) is 0.00556. The topological polar surface area (TPSA) is 61.4 Å². The molecule has 1 aromatic heterocycles. The fourth-order valence-corrected chi connectivity index (χ4v) is 5.10. The van der Waals surface area contributed by atoms with Crippen molar-refractivity contribution in [1.29, 1.82) is 0 Å². The Morgan fingerprint density at radius 2 is 2.07 bits per heavy atom. The highest BCUT2D eigenvalue weighted by Gasteiger charge is 2.58. The molecule has 1 atom stereocenters. The number of aromatic amines is 1. The molecule has 2 aromatic rings. The molecule has 1 fully saturated rings. The van der Waals surface area contributed by atoms with E-state index < -0.39 is 5.54 Å². The number of nitrogens with one attached hydrogen (secondary N) is 1. The SMILES string of the molecule is CC1(C)C=CC2=Nc3cc(Br)ccc3C23CC(=O)N3C=C(Cl)c2nc(Br)[nH]c21. The molecule has 1 unspecified atom stereocenters. The molecule has 3 aliphatic rings. The molecule has 4 heterocycles. The van der Waals surface area contributed by atoms with E-state index in [0.717, 1.165) is 27.1 Å². The van der Waals surface area contributed by atoms with Gasteiger partial charge >= 0.3 is 0 Å². The zero-order valence-corrected chi connectivity index (χ0v) is 19.0. The number of allylic oxidation sites excluding steroid dienone is 1. The van der Waals surface area contributed by atoms with Crippen LogP contribution < -0.4 is 0 Å². The number of aliphatic imine (C=N–C) groups is 1. The van der Waals surface area contributed by atoms with Crippen molar-refractivity contribution in [2.75, 3.05) is 0 Å². The fourth-order valence-electron chi connectivity index (χ4n) is 4.14. The summed E-state index contributed by atoms with van der Waals surface area (Å²) in [6.07, 6.45) is 6.18. The van der Waals surface area contributed by atoms with Gasteiger partial charge in [-0.25, -0.2) is 4.98 Å². The number of hydrogen-bond donors (Lipinski definition) is 1. The van der Waals surface area contributed by atoms with Crippen LogP contribution in [0.15, 0.2) is 50.7 Å². The number of carbonyl (C=O) groups excluding carboxylic acids is 1. The predicted molar refractivity (Wildman–Crippen MR) is 117 cm³/mol. The first-order valence-electron chi connectivity index (χ1n) is 8.77. The Labute approximate surface area is 183 Å². The van der Waals surface area contributed by atoms with Gasteiger partial charge < -0.3 is 9.88 Å². The molecule has 0 bridgehead atoms. The maximum atomic E-state index is 12.6. The van der Waals surface area contributed by atoms with Crippen molar-refractivity contribution < 1.29 is 4.79 Å². The molecule has 0 saturated carbocycles. The number of fused-ring (bicyclic) bond motifs is 2. The molecule has 1 amide bonds. The summed E-state index contributed by atoms with van der Waals surface area (Å²) in [4.78, 5) is 26.9. The molecular formula is C20H15Br2ClN4O. The molecule has 142 valence electrons. The second-order valence-corrected chi connectivity index (χ2v) is 9.82. The summed E-state index contributed by atoms with van der Waals surface area (Å²) < 4.78 is 1.55. The average molecular weight is 523 g/mol. The van der Waals surface area contributed by atoms with E-state index in [1.54, 1.807) is 11.1 Å². The van der Waals surface area contributed by atoms with Gasteiger partial charge in [0.15, 0.2) is 4.73 Å². The molecule has 0 radical (unpaired) electrons. The van der Waals surface area contributed by atoms with Crippen molar-refractivity contribution in [3.63, 3.8) is 0 Å². The number of amides is 1. The number of benzene rings is 1. The van der Waals surface area contributed by atoms with Crippen LogP contribution in [0.4, 0.5) is 5.69 Å². The second kappa shape index (κ2) is 5.90. The van der Waals surface area contributed by atoms with Crippen molar-refractivity contribution in [2.24, 2.45) is 4.99 Å². The highest BCUT2D eigenvalue weighted by Crippen LogP contribution is 2.53. The summed E-state index contributed by atoms with van der Waals surface area (Å²) in [7, 11) is 0. The van der Waals surface area contributed by atoms with Crippen LogP contribution >= 0.6 is 43.5 Å². The number of β-lactam (4-membered cyclic amide) rings is 1. The van der Waals surface area contributed by atoms with Gasteiger partial charge in [0.05, 0.1) is 28.5 Å². The zero-order valence-electron chi connectivity index (χ0n) is 15.1. The largest absolute Gasteiger partial charge is 0.335 e. The van der Waals surface area contributed by atoms with Gasteiger partial charge in [-0.3, -0.25) is 9.79 Å². The Morgan fingerprint density at radius 1 is 1.29 bits per heavy atom. The summed E-state index contributed by atoms with van der Waals surface area (Å²) in [5.41, 5.74) is 3.24. The Balaban J connectivity index is 1.79. The Kier molecular flexibility index (Phi) is 3.87. The van der Waals surface area contributed by atoms with E-state index in [0.29, 0.717) is 21.9 Å². The van der Waals surface area contributed by atoms with Gasteiger partial charge in [-0.05, 0) is 34.1 Å². The monoisotopic (exact) mass is 520 g/mol. The summed E-state index contributed by atoms with van der Waals surface area (Å²) >= 11 is 13.6. The molecule has 3 aliphatic heterocycles. The lowest BCUT2D eigenvalue weighted by molar-refractivity contribution is -0.145. The van der Waals surface area contributed by atoms with Crippen LogP contribution in [-0.2, 0) is 15.7 Å². The van der Waals surface area contributed by atoms with E-state index in [2.05, 4.69) is 61.8 Å². The van der Waals surface area contributed by atoms with Crippen LogP contribution in [0.3, 0.4) is 0 Å². The van der Waals surface area contributed by atoms with Crippen LogP contribution in [0.1, 0.15) is 37.2 Å². The molecule has 0 aliphatic carbocycles. The first-order valence-corrected chi connectivity index (χ1v) is 10.7. The molecular weight excluding hydrogens is 508 g/mol. The summed E-state index contributed by atoms with van der Waals surface area (Å²) in [6, 6.07) is 5.99. The minimum absolute atomic E-state index is 0.00556. The number of hydrogen-bond acceptors (Lipinski definition) is 3. The fraction of sp³-hybridized carbons (Fsp3) is 0.250. The van der Waals surface area contributed by atoms with Crippen molar-refractivity contribution in [2.45, 2.75) is 31.2 Å². The van der Waals surface area contributed by atoms with E-state index in [-0.39, 0.29) is 11.3 Å². The van der Waals surface area contributed by atoms with Gasteiger partial charge in [0, 0.05) is 21.7 Å². The maximum Gasteiger partial charge on any atom is 0.230 e. The second-order valence-electron chi connectivity index (χ2n) is 7.74. The molecule has 1 saturated heterocycles. The third-order valence-electron chi connectivity index (χ3n) is 5.60.